The summed E-state index contributed by atoms with van der Waals surface area (Å²) in [6.45, 7) is 11.0. The third-order valence-corrected chi connectivity index (χ3v) is 6.63. The monoisotopic (exact) mass is 403 g/mol. The normalized spacial score (nSPS) is 24.6. The fourth-order valence-corrected chi connectivity index (χ4v) is 5.24. The van der Waals surface area contributed by atoms with Crippen LogP contribution in [0.1, 0.15) is 42.1 Å². The summed E-state index contributed by atoms with van der Waals surface area (Å²) in [4.78, 5) is 23.0. The molecule has 2 saturated heterocycles. The van der Waals surface area contributed by atoms with Gasteiger partial charge in [-0.05, 0) is 51.7 Å². The summed E-state index contributed by atoms with van der Waals surface area (Å²) in [6, 6.07) is 3.72. The smallest absolute Gasteiger partial charge is 0.273 e. The molecule has 0 aliphatic carbocycles. The number of hydrogen-bond acceptors (Lipinski definition) is 6. The van der Waals surface area contributed by atoms with Crippen molar-refractivity contribution in [1.29, 1.82) is 0 Å². The molecule has 0 bridgehead atoms. The van der Waals surface area contributed by atoms with E-state index in [0.29, 0.717) is 23.8 Å². The molecular formula is C21H29N3O3S. The van der Waals surface area contributed by atoms with E-state index in [9.17, 15) is 4.79 Å². The molecule has 152 valence electrons. The van der Waals surface area contributed by atoms with Gasteiger partial charge in [0.2, 0.25) is 0 Å². The quantitative estimate of drug-likeness (QED) is 0.780. The highest BCUT2D eigenvalue weighted by molar-refractivity contribution is 7.15. The van der Waals surface area contributed by atoms with Gasteiger partial charge in [0.15, 0.2) is 10.8 Å². The van der Waals surface area contributed by atoms with Gasteiger partial charge in [-0.3, -0.25) is 9.69 Å². The van der Waals surface area contributed by atoms with Crippen molar-refractivity contribution in [2.24, 2.45) is 5.92 Å². The van der Waals surface area contributed by atoms with Gasteiger partial charge in [-0.15, -0.1) is 11.3 Å². The predicted octanol–water partition coefficient (Wildman–Crippen LogP) is 3.67. The van der Waals surface area contributed by atoms with Crippen LogP contribution in [0.25, 0.3) is 10.8 Å². The summed E-state index contributed by atoms with van der Waals surface area (Å²) in [6.07, 6.45) is 4.36. The van der Waals surface area contributed by atoms with Crippen molar-refractivity contribution in [3.63, 3.8) is 0 Å². The van der Waals surface area contributed by atoms with E-state index in [2.05, 4.69) is 23.7 Å². The van der Waals surface area contributed by atoms with Gasteiger partial charge >= 0.3 is 0 Å². The summed E-state index contributed by atoms with van der Waals surface area (Å²) in [7, 11) is 0. The van der Waals surface area contributed by atoms with E-state index in [1.807, 2.05) is 24.0 Å². The maximum absolute atomic E-state index is 13.0. The molecule has 0 spiro atoms. The molecule has 2 atom stereocenters. The largest absolute Gasteiger partial charge is 0.462 e. The molecule has 0 aromatic carbocycles. The fraction of sp³-hybridized carbons (Fsp3) is 0.619. The van der Waals surface area contributed by atoms with Gasteiger partial charge in [0.1, 0.15) is 5.69 Å². The molecule has 28 heavy (non-hydrogen) atoms. The van der Waals surface area contributed by atoms with Gasteiger partial charge in [0.25, 0.3) is 5.91 Å². The molecule has 2 unspecified atom stereocenters. The van der Waals surface area contributed by atoms with E-state index in [-0.39, 0.29) is 5.91 Å². The van der Waals surface area contributed by atoms with Gasteiger partial charge in [-0.2, -0.15) is 0 Å². The van der Waals surface area contributed by atoms with Crippen molar-refractivity contribution in [2.75, 3.05) is 32.7 Å². The molecule has 4 heterocycles. The Morgan fingerprint density at radius 2 is 1.96 bits per heavy atom. The first-order valence-corrected chi connectivity index (χ1v) is 11.0. The SMILES string of the molecule is Cc1sc(-c2ccco2)nc1C(=O)N1CCC(CN2CC(C)OC(C)C2)CC1. The number of thiazole rings is 1. The minimum absolute atomic E-state index is 0.0543. The third kappa shape index (κ3) is 4.31. The molecule has 4 rings (SSSR count). The Kier molecular flexibility index (Phi) is 5.85. The Labute approximate surface area is 170 Å². The van der Waals surface area contributed by atoms with Crippen LogP contribution in [-0.2, 0) is 4.74 Å². The Morgan fingerprint density at radius 1 is 1.25 bits per heavy atom. The highest BCUT2D eigenvalue weighted by atomic mass is 32.1. The minimum atomic E-state index is 0.0543. The number of aromatic nitrogens is 1. The van der Waals surface area contributed by atoms with Crippen LogP contribution >= 0.6 is 11.3 Å². The Bertz CT molecular complexity index is 786. The molecule has 0 saturated carbocycles. The standard InChI is InChI=1S/C21H29N3O3S/c1-14-11-23(12-15(2)27-14)13-17-6-8-24(9-7-17)21(25)19-16(3)28-20(22-19)18-5-4-10-26-18/h4-5,10,14-15,17H,6-9,11-13H2,1-3H3. The van der Waals surface area contributed by atoms with Crippen molar-refractivity contribution in [2.45, 2.75) is 45.8 Å². The lowest BCUT2D eigenvalue weighted by atomic mass is 9.95. The number of piperidine rings is 1. The zero-order chi connectivity index (χ0) is 19.7. The van der Waals surface area contributed by atoms with E-state index in [1.54, 1.807) is 6.26 Å². The van der Waals surface area contributed by atoms with Gasteiger partial charge in [0, 0.05) is 37.6 Å². The number of likely N-dealkylation sites (tertiary alicyclic amines) is 1. The van der Waals surface area contributed by atoms with Crippen LogP contribution in [0.3, 0.4) is 0 Å². The second kappa shape index (κ2) is 8.35. The lowest BCUT2D eigenvalue weighted by molar-refractivity contribution is -0.0728. The van der Waals surface area contributed by atoms with Gasteiger partial charge in [-0.25, -0.2) is 4.98 Å². The molecule has 2 aliphatic heterocycles. The maximum atomic E-state index is 13.0. The molecule has 2 aliphatic rings. The molecule has 1 amide bonds. The lowest BCUT2D eigenvalue weighted by Crippen LogP contribution is -2.48. The number of rotatable bonds is 4. The van der Waals surface area contributed by atoms with Crippen LogP contribution in [0, 0.1) is 12.8 Å². The van der Waals surface area contributed by atoms with Crippen LogP contribution in [0.5, 0.6) is 0 Å². The first-order valence-electron chi connectivity index (χ1n) is 10.2. The van der Waals surface area contributed by atoms with Crippen molar-refractivity contribution in [1.82, 2.24) is 14.8 Å². The summed E-state index contributed by atoms with van der Waals surface area (Å²) < 4.78 is 11.3. The molecule has 7 heteroatoms. The van der Waals surface area contributed by atoms with Gasteiger partial charge in [0.05, 0.1) is 18.5 Å². The van der Waals surface area contributed by atoms with Crippen LogP contribution in [0.4, 0.5) is 0 Å². The Hall–Kier alpha value is -1.70. The fourth-order valence-electron chi connectivity index (χ4n) is 4.37. The summed E-state index contributed by atoms with van der Waals surface area (Å²) in [5.41, 5.74) is 0.575. The lowest BCUT2D eigenvalue weighted by Gasteiger charge is -2.39. The van der Waals surface area contributed by atoms with E-state index in [4.69, 9.17) is 9.15 Å². The van der Waals surface area contributed by atoms with Crippen LogP contribution in [0.2, 0.25) is 0 Å². The van der Waals surface area contributed by atoms with Gasteiger partial charge in [-0.1, -0.05) is 0 Å². The number of furan rings is 1. The highest BCUT2D eigenvalue weighted by Crippen LogP contribution is 2.29. The minimum Gasteiger partial charge on any atom is -0.462 e. The van der Waals surface area contributed by atoms with E-state index in [1.165, 1.54) is 11.3 Å². The maximum Gasteiger partial charge on any atom is 0.273 e. The first kappa shape index (κ1) is 19.6. The van der Waals surface area contributed by atoms with Crippen molar-refractivity contribution in [3.8, 4) is 10.8 Å². The highest BCUT2D eigenvalue weighted by Gasteiger charge is 2.29. The number of carbonyl (C=O) groups is 1. The Morgan fingerprint density at radius 3 is 2.61 bits per heavy atom. The van der Waals surface area contributed by atoms with Crippen molar-refractivity contribution < 1.29 is 13.9 Å². The predicted molar refractivity (Wildman–Crippen MR) is 110 cm³/mol. The number of aryl methyl sites for hydroxylation is 1. The number of nitrogens with zero attached hydrogens (tertiary/aromatic N) is 3. The molecule has 0 N–H and O–H groups in total. The summed E-state index contributed by atoms with van der Waals surface area (Å²) >= 11 is 1.52. The number of ether oxygens (including phenoxy) is 1. The molecular weight excluding hydrogens is 374 g/mol. The average molecular weight is 404 g/mol. The second-order valence-electron chi connectivity index (χ2n) is 8.11. The Balaban J connectivity index is 1.33. The van der Waals surface area contributed by atoms with Crippen molar-refractivity contribution >= 4 is 17.2 Å². The third-order valence-electron chi connectivity index (χ3n) is 5.64. The van der Waals surface area contributed by atoms with Crippen LogP contribution < -0.4 is 0 Å². The zero-order valence-corrected chi connectivity index (χ0v) is 17.7. The molecule has 2 aromatic rings. The number of morpholine rings is 1. The molecule has 2 fully saturated rings. The van der Waals surface area contributed by atoms with E-state index < -0.39 is 0 Å². The number of carbonyl (C=O) groups excluding carboxylic acids is 1. The van der Waals surface area contributed by atoms with Crippen LogP contribution in [-0.4, -0.2) is 65.6 Å². The van der Waals surface area contributed by atoms with E-state index in [0.717, 1.165) is 61.2 Å². The summed E-state index contributed by atoms with van der Waals surface area (Å²) in [5.74, 6) is 1.43. The summed E-state index contributed by atoms with van der Waals surface area (Å²) in [5, 5.41) is 0.774. The molecule has 6 nitrogen and oxygen atoms in total. The zero-order valence-electron chi connectivity index (χ0n) is 16.9. The topological polar surface area (TPSA) is 58.8 Å². The number of hydrogen-bond donors (Lipinski definition) is 0. The van der Waals surface area contributed by atoms with E-state index >= 15 is 0 Å². The number of amides is 1. The molecule has 0 radical (unpaired) electrons. The van der Waals surface area contributed by atoms with Crippen molar-refractivity contribution in [3.05, 3.63) is 29.0 Å². The first-order chi connectivity index (χ1) is 13.5. The average Bonchev–Trinajstić information content (AvgIpc) is 3.30. The second-order valence-corrected chi connectivity index (χ2v) is 9.32. The van der Waals surface area contributed by atoms with Crippen LogP contribution in [0.15, 0.2) is 22.8 Å². The van der Waals surface area contributed by atoms with Gasteiger partial charge < -0.3 is 14.1 Å². The molecule has 2 aromatic heterocycles.